The fourth-order valence-electron chi connectivity index (χ4n) is 2.27. The Morgan fingerprint density at radius 3 is 2.43 bits per heavy atom. The molecule has 1 aliphatic rings. The van der Waals surface area contributed by atoms with Crippen LogP contribution in [-0.4, -0.2) is 42.2 Å². The Bertz CT molecular complexity index is 375. The van der Waals surface area contributed by atoms with Crippen LogP contribution in [0.4, 0.5) is 0 Å². The number of hydrogen-bond acceptors (Lipinski definition) is 4. The Labute approximate surface area is 127 Å². The van der Waals surface area contributed by atoms with Gasteiger partial charge in [0, 0.05) is 6.42 Å². The summed E-state index contributed by atoms with van der Waals surface area (Å²) in [6.07, 6.45) is 4.15. The minimum Gasteiger partial charge on any atom is -0.466 e. The number of esters is 1. The Hall–Kier alpha value is -1.39. The van der Waals surface area contributed by atoms with Gasteiger partial charge in [-0.05, 0) is 51.4 Å². The van der Waals surface area contributed by atoms with Crippen LogP contribution in [0.5, 0.6) is 0 Å². The molecule has 2 rings (SSSR count). The van der Waals surface area contributed by atoms with Gasteiger partial charge < -0.3 is 14.7 Å². The number of hydrogen-bond donors (Lipinski definition) is 1. The lowest BCUT2D eigenvalue weighted by atomic mass is 10.2. The van der Waals surface area contributed by atoms with Crippen LogP contribution in [0.15, 0.2) is 30.3 Å². The van der Waals surface area contributed by atoms with E-state index in [0.717, 1.165) is 18.5 Å². The molecule has 0 atom stereocenters. The van der Waals surface area contributed by atoms with Crippen molar-refractivity contribution in [2.75, 3.05) is 26.2 Å². The lowest BCUT2D eigenvalue weighted by molar-refractivity contribution is -0.143. The number of carbonyl (C=O) groups is 1. The molecule has 1 saturated heterocycles. The largest absolute Gasteiger partial charge is 0.466 e. The minimum atomic E-state index is -0.0540. The first-order chi connectivity index (χ1) is 10.3. The summed E-state index contributed by atoms with van der Waals surface area (Å²) >= 11 is 0. The molecule has 0 aromatic heterocycles. The van der Waals surface area contributed by atoms with Crippen molar-refractivity contribution in [3.05, 3.63) is 35.9 Å². The predicted octanol–water partition coefficient (Wildman–Crippen LogP) is 2.60. The lowest BCUT2D eigenvalue weighted by Crippen LogP contribution is -2.21. The van der Waals surface area contributed by atoms with E-state index in [1.165, 1.54) is 25.9 Å². The van der Waals surface area contributed by atoms with Gasteiger partial charge in [-0.25, -0.2) is 0 Å². The van der Waals surface area contributed by atoms with Gasteiger partial charge in [0.2, 0.25) is 0 Å². The van der Waals surface area contributed by atoms with Gasteiger partial charge in [0.05, 0.1) is 13.2 Å². The average Bonchev–Trinajstić information content (AvgIpc) is 3.02. The van der Waals surface area contributed by atoms with Crippen molar-refractivity contribution in [3.8, 4) is 0 Å². The normalized spacial score (nSPS) is 14.4. The number of likely N-dealkylation sites (tertiary alicyclic amines) is 1. The van der Waals surface area contributed by atoms with E-state index < -0.39 is 0 Å². The van der Waals surface area contributed by atoms with E-state index in [2.05, 4.69) is 4.90 Å². The highest BCUT2D eigenvalue weighted by molar-refractivity contribution is 5.69. The molecule has 118 valence electrons. The summed E-state index contributed by atoms with van der Waals surface area (Å²) in [5.74, 6) is -0.0540. The van der Waals surface area contributed by atoms with E-state index in [0.29, 0.717) is 13.0 Å². The highest BCUT2D eigenvalue weighted by Gasteiger charge is 2.11. The number of rotatable bonds is 6. The van der Waals surface area contributed by atoms with E-state index >= 15 is 0 Å². The fraction of sp³-hybridized carbons (Fsp3) is 0.588. The van der Waals surface area contributed by atoms with Crippen LogP contribution in [0.2, 0.25) is 0 Å². The van der Waals surface area contributed by atoms with Crippen molar-refractivity contribution in [2.45, 2.75) is 39.2 Å². The van der Waals surface area contributed by atoms with Crippen molar-refractivity contribution in [3.63, 3.8) is 0 Å². The van der Waals surface area contributed by atoms with Gasteiger partial charge in [-0.3, -0.25) is 4.79 Å². The third kappa shape index (κ3) is 8.48. The van der Waals surface area contributed by atoms with Crippen LogP contribution in [0, 0.1) is 0 Å². The van der Waals surface area contributed by atoms with Crippen LogP contribution < -0.4 is 0 Å². The lowest BCUT2D eigenvalue weighted by Gasteiger charge is -2.13. The van der Waals surface area contributed by atoms with Gasteiger partial charge >= 0.3 is 5.97 Å². The third-order valence-electron chi connectivity index (χ3n) is 3.38. The molecule has 1 aliphatic heterocycles. The van der Waals surface area contributed by atoms with Gasteiger partial charge in [0.1, 0.15) is 0 Å². The predicted molar refractivity (Wildman–Crippen MR) is 83.9 cm³/mol. The van der Waals surface area contributed by atoms with E-state index in [-0.39, 0.29) is 12.6 Å². The molecule has 1 fully saturated rings. The van der Waals surface area contributed by atoms with E-state index in [1.54, 1.807) is 0 Å². The fourth-order valence-corrected chi connectivity index (χ4v) is 2.27. The number of benzene rings is 1. The highest BCUT2D eigenvalue weighted by Crippen LogP contribution is 2.08. The van der Waals surface area contributed by atoms with Crippen LogP contribution >= 0.6 is 0 Å². The molecule has 1 heterocycles. The van der Waals surface area contributed by atoms with Gasteiger partial charge in [-0.2, -0.15) is 0 Å². The molecular weight excluding hydrogens is 266 g/mol. The molecule has 1 aromatic carbocycles. The molecule has 0 saturated carbocycles. The summed E-state index contributed by atoms with van der Waals surface area (Å²) in [4.78, 5) is 13.4. The zero-order chi connectivity index (χ0) is 15.3. The quantitative estimate of drug-likeness (QED) is 0.819. The highest BCUT2D eigenvalue weighted by atomic mass is 16.5. The number of ether oxygens (including phenoxy) is 1. The van der Waals surface area contributed by atoms with Crippen molar-refractivity contribution in [2.24, 2.45) is 0 Å². The molecule has 1 aromatic rings. The Morgan fingerprint density at radius 1 is 1.24 bits per heavy atom. The van der Waals surface area contributed by atoms with Crippen molar-refractivity contribution < 1.29 is 14.6 Å². The second-order valence-corrected chi connectivity index (χ2v) is 5.10. The maximum Gasteiger partial charge on any atom is 0.305 e. The third-order valence-corrected chi connectivity index (χ3v) is 3.38. The number of nitrogens with zero attached hydrogens (tertiary/aromatic N) is 1. The summed E-state index contributed by atoms with van der Waals surface area (Å²) in [5, 5.41) is 8.54. The zero-order valence-electron chi connectivity index (χ0n) is 13.0. The van der Waals surface area contributed by atoms with Crippen molar-refractivity contribution >= 4 is 5.97 Å². The van der Waals surface area contributed by atoms with Gasteiger partial charge in [-0.1, -0.05) is 30.3 Å². The molecule has 1 N–H and O–H groups in total. The summed E-state index contributed by atoms with van der Waals surface area (Å²) < 4.78 is 4.85. The molecule has 0 bridgehead atoms. The zero-order valence-corrected chi connectivity index (χ0v) is 13.0. The van der Waals surface area contributed by atoms with E-state index in [1.807, 2.05) is 37.3 Å². The Morgan fingerprint density at radius 2 is 1.90 bits per heavy atom. The topological polar surface area (TPSA) is 49.8 Å². The first kappa shape index (κ1) is 17.7. The minimum absolute atomic E-state index is 0.0540. The number of carbonyl (C=O) groups excluding carboxylic acids is 1. The van der Waals surface area contributed by atoms with Crippen LogP contribution in [0.1, 0.15) is 38.2 Å². The monoisotopic (exact) mass is 293 g/mol. The molecule has 4 heteroatoms. The van der Waals surface area contributed by atoms with Crippen molar-refractivity contribution in [1.82, 2.24) is 4.90 Å². The maximum atomic E-state index is 11.0. The second-order valence-electron chi connectivity index (χ2n) is 5.10. The molecule has 0 aliphatic carbocycles. The SMILES string of the molecule is CCOC(=O)CCCN1CCCC1.OCc1ccccc1. The Balaban J connectivity index is 0.000000235. The first-order valence-electron chi connectivity index (χ1n) is 7.79. The molecule has 0 amide bonds. The van der Waals surface area contributed by atoms with E-state index in [4.69, 9.17) is 9.84 Å². The first-order valence-corrected chi connectivity index (χ1v) is 7.79. The number of aliphatic hydroxyl groups excluding tert-OH is 1. The van der Waals surface area contributed by atoms with Crippen molar-refractivity contribution in [1.29, 1.82) is 0 Å². The molecule has 4 nitrogen and oxygen atoms in total. The van der Waals surface area contributed by atoms with Crippen LogP contribution in [0.25, 0.3) is 0 Å². The van der Waals surface area contributed by atoms with Gasteiger partial charge in [0.15, 0.2) is 0 Å². The summed E-state index contributed by atoms with van der Waals surface area (Å²) in [6, 6.07) is 9.52. The van der Waals surface area contributed by atoms with Crippen LogP contribution in [-0.2, 0) is 16.1 Å². The molecule has 0 radical (unpaired) electrons. The second kappa shape index (κ2) is 11.3. The standard InChI is InChI=1S/C10H19NO2.C7H8O/c1-2-13-10(12)6-5-9-11-7-3-4-8-11;8-6-7-4-2-1-3-5-7/h2-9H2,1H3;1-5,8H,6H2. The average molecular weight is 293 g/mol. The maximum absolute atomic E-state index is 11.0. The summed E-state index contributed by atoms with van der Waals surface area (Å²) in [6.45, 7) is 5.96. The van der Waals surface area contributed by atoms with E-state index in [9.17, 15) is 4.79 Å². The molecule has 0 spiro atoms. The molecule has 21 heavy (non-hydrogen) atoms. The Kier molecular flexibility index (Phi) is 9.49. The number of aliphatic hydroxyl groups is 1. The molecule has 0 unspecified atom stereocenters. The summed E-state index contributed by atoms with van der Waals surface area (Å²) in [7, 11) is 0. The van der Waals surface area contributed by atoms with Gasteiger partial charge in [-0.15, -0.1) is 0 Å². The van der Waals surface area contributed by atoms with Gasteiger partial charge in [0.25, 0.3) is 0 Å². The molecular formula is C17H27NO3. The summed E-state index contributed by atoms with van der Waals surface area (Å²) in [5.41, 5.74) is 0.965. The van der Waals surface area contributed by atoms with Crippen LogP contribution in [0.3, 0.4) is 0 Å². The smallest absolute Gasteiger partial charge is 0.305 e.